The molecular formula is C17H12F3N5O3S. The minimum Gasteiger partial charge on any atom is -0.280 e. The molecule has 4 aromatic heterocycles. The molecule has 29 heavy (non-hydrogen) atoms. The average molecular weight is 423 g/mol. The summed E-state index contributed by atoms with van der Waals surface area (Å²) in [4.78, 5) is 45.8. The quantitative estimate of drug-likeness (QED) is 0.488. The largest absolute Gasteiger partial charge is 0.433 e. The van der Waals surface area contributed by atoms with E-state index in [9.17, 15) is 27.6 Å². The van der Waals surface area contributed by atoms with Crippen LogP contribution in [0.25, 0.3) is 16.0 Å². The van der Waals surface area contributed by atoms with Gasteiger partial charge in [-0.2, -0.15) is 13.2 Å². The van der Waals surface area contributed by atoms with Gasteiger partial charge in [-0.15, -0.1) is 11.3 Å². The van der Waals surface area contributed by atoms with Crippen molar-refractivity contribution in [2.24, 2.45) is 7.05 Å². The molecule has 4 rings (SSSR count). The number of alkyl halides is 3. The van der Waals surface area contributed by atoms with Crippen LogP contribution < -0.4 is 16.8 Å². The summed E-state index contributed by atoms with van der Waals surface area (Å²) in [6.45, 7) is 1.45. The second kappa shape index (κ2) is 6.37. The van der Waals surface area contributed by atoms with Crippen LogP contribution in [0.4, 0.5) is 13.2 Å². The second-order valence-corrected chi connectivity index (χ2v) is 7.22. The van der Waals surface area contributed by atoms with E-state index in [-0.39, 0.29) is 28.8 Å². The summed E-state index contributed by atoms with van der Waals surface area (Å²) in [5, 5.41) is 1.60. The van der Waals surface area contributed by atoms with Crippen molar-refractivity contribution in [3.8, 4) is 0 Å². The zero-order valence-corrected chi connectivity index (χ0v) is 15.8. The van der Waals surface area contributed by atoms with Crippen LogP contribution in [0.3, 0.4) is 0 Å². The fourth-order valence-electron chi connectivity index (χ4n) is 3.02. The summed E-state index contributed by atoms with van der Waals surface area (Å²) in [6.07, 6.45) is -4.71. The van der Waals surface area contributed by atoms with Gasteiger partial charge in [0.2, 0.25) is 0 Å². The molecule has 0 N–H and O–H groups in total. The van der Waals surface area contributed by atoms with Gasteiger partial charge in [-0.05, 0) is 19.1 Å². The van der Waals surface area contributed by atoms with E-state index < -0.39 is 23.1 Å². The molecule has 0 aromatic carbocycles. The highest BCUT2D eigenvalue weighted by molar-refractivity contribution is 7.15. The molecule has 0 saturated heterocycles. The first-order valence-electron chi connectivity index (χ1n) is 8.22. The van der Waals surface area contributed by atoms with E-state index in [0.29, 0.717) is 16.7 Å². The minimum absolute atomic E-state index is 0.148. The van der Waals surface area contributed by atoms with Crippen molar-refractivity contribution < 1.29 is 13.2 Å². The van der Waals surface area contributed by atoms with Crippen molar-refractivity contribution in [1.29, 1.82) is 0 Å². The maximum atomic E-state index is 12.9. The number of rotatable bonds is 2. The molecule has 0 bridgehead atoms. The maximum Gasteiger partial charge on any atom is 0.433 e. The van der Waals surface area contributed by atoms with E-state index >= 15 is 0 Å². The summed E-state index contributed by atoms with van der Waals surface area (Å²) in [6, 6.07) is 2.88. The van der Waals surface area contributed by atoms with E-state index in [1.54, 1.807) is 12.3 Å². The molecule has 0 unspecified atom stereocenters. The lowest BCUT2D eigenvalue weighted by Gasteiger charge is -2.12. The molecule has 0 atom stereocenters. The van der Waals surface area contributed by atoms with Crippen LogP contribution >= 0.6 is 11.3 Å². The molecule has 150 valence electrons. The van der Waals surface area contributed by atoms with Gasteiger partial charge in [0.1, 0.15) is 11.3 Å². The number of aryl methyl sites for hydroxylation is 2. The number of hydrogen-bond donors (Lipinski definition) is 0. The third kappa shape index (κ3) is 3.05. The van der Waals surface area contributed by atoms with E-state index in [1.807, 2.05) is 0 Å². The molecule has 0 spiro atoms. The van der Waals surface area contributed by atoms with Crippen LogP contribution in [0.15, 0.2) is 38.0 Å². The van der Waals surface area contributed by atoms with Crippen LogP contribution in [-0.2, 0) is 19.8 Å². The highest BCUT2D eigenvalue weighted by Gasteiger charge is 2.33. The van der Waals surface area contributed by atoms with Gasteiger partial charge in [-0.1, -0.05) is 0 Å². The first kappa shape index (κ1) is 19.1. The summed E-state index contributed by atoms with van der Waals surface area (Å²) in [7, 11) is 1.22. The maximum absolute atomic E-state index is 12.9. The number of nitrogens with zero attached hydrogens (tertiary/aromatic N) is 5. The Labute approximate surface area is 163 Å². The van der Waals surface area contributed by atoms with Crippen LogP contribution in [0.2, 0.25) is 0 Å². The van der Waals surface area contributed by atoms with Crippen LogP contribution in [-0.4, -0.2) is 23.5 Å². The van der Waals surface area contributed by atoms with Gasteiger partial charge >= 0.3 is 11.9 Å². The fraction of sp³-hybridized carbons (Fsp3) is 0.235. The minimum atomic E-state index is -4.71. The predicted molar refractivity (Wildman–Crippen MR) is 99.4 cm³/mol. The van der Waals surface area contributed by atoms with Crippen molar-refractivity contribution in [3.05, 3.63) is 71.9 Å². The molecule has 0 aliphatic rings. The second-order valence-electron chi connectivity index (χ2n) is 6.38. The molecular weight excluding hydrogens is 411 g/mol. The Hall–Kier alpha value is -3.28. The van der Waals surface area contributed by atoms with Gasteiger partial charge in [0.15, 0.2) is 4.96 Å². The van der Waals surface area contributed by atoms with E-state index in [1.165, 1.54) is 28.9 Å². The summed E-state index contributed by atoms with van der Waals surface area (Å²) in [5.41, 5.74) is -2.71. The Morgan fingerprint density at radius 3 is 2.55 bits per heavy atom. The summed E-state index contributed by atoms with van der Waals surface area (Å²) < 4.78 is 41.8. The molecule has 0 radical (unpaired) electrons. The third-order valence-electron chi connectivity index (χ3n) is 4.43. The van der Waals surface area contributed by atoms with Crippen LogP contribution in [0.1, 0.15) is 17.1 Å². The molecule has 4 aromatic rings. The van der Waals surface area contributed by atoms with Crippen LogP contribution in [0.5, 0.6) is 0 Å². The zero-order valence-electron chi connectivity index (χ0n) is 15.0. The molecule has 0 aliphatic carbocycles. The molecule has 8 nitrogen and oxygen atoms in total. The monoisotopic (exact) mass is 423 g/mol. The number of pyridine rings is 1. The number of aromatic nitrogens is 5. The highest BCUT2D eigenvalue weighted by atomic mass is 32.1. The van der Waals surface area contributed by atoms with Crippen molar-refractivity contribution in [2.45, 2.75) is 19.6 Å². The first-order chi connectivity index (χ1) is 13.6. The van der Waals surface area contributed by atoms with Gasteiger partial charge in [0, 0.05) is 24.2 Å². The van der Waals surface area contributed by atoms with Crippen molar-refractivity contribution >= 4 is 27.3 Å². The van der Waals surface area contributed by atoms with Crippen molar-refractivity contribution in [2.75, 3.05) is 0 Å². The van der Waals surface area contributed by atoms with Gasteiger partial charge in [-0.25, -0.2) is 14.8 Å². The lowest BCUT2D eigenvalue weighted by atomic mass is 10.2. The highest BCUT2D eigenvalue weighted by Crippen LogP contribution is 2.28. The molecule has 12 heteroatoms. The molecule has 0 amide bonds. The third-order valence-corrected chi connectivity index (χ3v) is 5.37. The lowest BCUT2D eigenvalue weighted by Crippen LogP contribution is -2.40. The number of fused-ring (bicyclic) bond motifs is 2. The lowest BCUT2D eigenvalue weighted by molar-refractivity contribution is -0.141. The number of thiazole rings is 1. The van der Waals surface area contributed by atoms with Gasteiger partial charge < -0.3 is 0 Å². The predicted octanol–water partition coefficient (Wildman–Crippen LogP) is 1.54. The topological polar surface area (TPSA) is 91.3 Å². The SMILES string of the molecule is Cc1csc2nc(Cn3c(=O)c4ccc(C(F)(F)F)nc4n(C)c3=O)cc(=O)n12. The van der Waals surface area contributed by atoms with Gasteiger partial charge in [-0.3, -0.25) is 23.1 Å². The molecule has 0 aliphatic heterocycles. The standard InChI is InChI=1S/C17H12F3N5O3S/c1-8-7-29-15-21-9(5-12(26)25(8)15)6-24-14(27)10-3-4-11(17(18,19)20)22-13(10)23(2)16(24)28/h3-5,7H,6H2,1-2H3. The van der Waals surface area contributed by atoms with Crippen molar-refractivity contribution in [1.82, 2.24) is 23.5 Å². The van der Waals surface area contributed by atoms with E-state index in [0.717, 1.165) is 15.2 Å². The van der Waals surface area contributed by atoms with E-state index in [2.05, 4.69) is 9.97 Å². The Kier molecular flexibility index (Phi) is 4.19. The van der Waals surface area contributed by atoms with Gasteiger partial charge in [0.05, 0.1) is 17.6 Å². The van der Waals surface area contributed by atoms with Crippen molar-refractivity contribution in [3.63, 3.8) is 0 Å². The molecule has 4 heterocycles. The Bertz CT molecular complexity index is 1460. The number of hydrogen-bond acceptors (Lipinski definition) is 6. The zero-order chi connectivity index (χ0) is 21.1. The smallest absolute Gasteiger partial charge is 0.280 e. The average Bonchev–Trinajstić information content (AvgIpc) is 3.03. The summed E-state index contributed by atoms with van der Waals surface area (Å²) in [5.74, 6) is 0. The first-order valence-corrected chi connectivity index (χ1v) is 9.10. The Balaban J connectivity index is 1.90. The molecule has 0 saturated carbocycles. The summed E-state index contributed by atoms with van der Waals surface area (Å²) >= 11 is 1.24. The Morgan fingerprint density at radius 2 is 1.86 bits per heavy atom. The van der Waals surface area contributed by atoms with E-state index in [4.69, 9.17) is 0 Å². The fourth-order valence-corrected chi connectivity index (χ4v) is 3.91. The Morgan fingerprint density at radius 1 is 1.14 bits per heavy atom. The van der Waals surface area contributed by atoms with Gasteiger partial charge in [0.25, 0.3) is 11.1 Å². The van der Waals surface area contributed by atoms with Crippen LogP contribution in [0, 0.1) is 6.92 Å². The molecule has 0 fully saturated rings. The normalized spacial score (nSPS) is 12.2. The number of halogens is 3.